The molecular weight excluding hydrogens is 1330 g/mol. The van der Waals surface area contributed by atoms with E-state index in [1.165, 1.54) is 153 Å². The Morgan fingerprint density at radius 1 is 0.173 bits per heavy atom. The van der Waals surface area contributed by atoms with Crippen LogP contribution in [0, 0.1) is 13.1 Å². The number of hydrogen-bond acceptors (Lipinski definition) is 0. The number of hydrogen-bond donors (Lipinski definition) is 0. The first-order valence-corrected chi connectivity index (χ1v) is 37.5. The maximum absolute atomic E-state index is 7.86. The molecule has 0 saturated carbocycles. The van der Waals surface area contributed by atoms with Crippen LogP contribution in [0.5, 0.6) is 0 Å². The summed E-state index contributed by atoms with van der Waals surface area (Å²) in [4.78, 5) is 7.74. The summed E-state index contributed by atoms with van der Waals surface area (Å²) in [6, 6.07) is 136. The Morgan fingerprint density at radius 3 is 0.927 bits per heavy atom. The summed E-state index contributed by atoms with van der Waals surface area (Å²) in [5, 5.41) is 26.7. The maximum Gasteiger partial charge on any atom is 0.195 e. The topological polar surface area (TPSA) is 18.6 Å². The molecule has 0 aliphatic rings. The van der Waals surface area contributed by atoms with E-state index in [-0.39, 0.29) is 0 Å². The molecule has 110 heavy (non-hydrogen) atoms. The molecule has 23 aromatic rings. The molecule has 0 aliphatic carbocycles. The summed E-state index contributed by atoms with van der Waals surface area (Å²) in [6.07, 6.45) is 0. The number of nitrogens with zero attached hydrogens (tertiary/aromatic N) is 4. The van der Waals surface area contributed by atoms with E-state index in [2.05, 4.69) is 383 Å². The van der Waals surface area contributed by atoms with Crippen LogP contribution in [0.4, 0.5) is 11.4 Å². The van der Waals surface area contributed by atoms with E-state index >= 15 is 0 Å². The summed E-state index contributed by atoms with van der Waals surface area (Å²) in [5.41, 5.74) is 22.7. The van der Waals surface area contributed by atoms with Crippen LogP contribution >= 0.6 is 0 Å². The molecule has 0 saturated heterocycles. The van der Waals surface area contributed by atoms with Crippen molar-refractivity contribution in [1.82, 2.24) is 9.13 Å². The largest absolute Gasteiger partial charge is 0.309 e. The van der Waals surface area contributed by atoms with Crippen LogP contribution < -0.4 is 0 Å². The number of rotatable bonds is 8. The molecule has 506 valence electrons. The second-order valence-electron chi connectivity index (χ2n) is 29.1. The van der Waals surface area contributed by atoms with E-state index in [0.717, 1.165) is 66.1 Å². The fourth-order valence-electron chi connectivity index (χ4n) is 18.3. The fraction of sp³-hybridized carbons (Fsp3) is 0. The molecular formula is C106H62N4. The van der Waals surface area contributed by atoms with E-state index in [1.54, 1.807) is 0 Å². The van der Waals surface area contributed by atoms with Crippen LogP contribution in [0.15, 0.2) is 376 Å². The molecule has 23 rings (SSSR count). The minimum atomic E-state index is 0.690. The first-order valence-electron chi connectivity index (χ1n) is 37.5. The number of aromatic nitrogens is 2. The van der Waals surface area contributed by atoms with Gasteiger partial charge in [-0.1, -0.05) is 291 Å². The van der Waals surface area contributed by atoms with Gasteiger partial charge in [-0.2, -0.15) is 0 Å². The van der Waals surface area contributed by atoms with Gasteiger partial charge in [0.25, 0.3) is 0 Å². The lowest BCUT2D eigenvalue weighted by molar-refractivity contribution is 1.18. The summed E-state index contributed by atoms with van der Waals surface area (Å²) < 4.78 is 4.71. The molecule has 2 aromatic heterocycles. The second-order valence-corrected chi connectivity index (χ2v) is 29.1. The Kier molecular flexibility index (Phi) is 14.1. The lowest BCUT2D eigenvalue weighted by Gasteiger charge is -2.17. The molecule has 4 heteroatoms. The third-order valence-electron chi connectivity index (χ3n) is 23.3. The van der Waals surface area contributed by atoms with E-state index in [1.807, 2.05) is 12.1 Å². The van der Waals surface area contributed by atoms with Gasteiger partial charge in [0.2, 0.25) is 0 Å². The normalized spacial score (nSPS) is 11.8. The predicted molar refractivity (Wildman–Crippen MR) is 467 cm³/mol. The van der Waals surface area contributed by atoms with E-state index in [0.29, 0.717) is 11.4 Å². The molecule has 0 amide bonds. The molecule has 0 unspecified atom stereocenters. The summed E-state index contributed by atoms with van der Waals surface area (Å²) in [5.74, 6) is 0. The Balaban J connectivity index is 0.000000136. The van der Waals surface area contributed by atoms with Gasteiger partial charge in [-0.25, -0.2) is 9.69 Å². The van der Waals surface area contributed by atoms with Gasteiger partial charge in [-0.3, -0.25) is 0 Å². The van der Waals surface area contributed by atoms with Crippen molar-refractivity contribution in [2.75, 3.05) is 0 Å². The molecule has 0 radical (unpaired) electrons. The van der Waals surface area contributed by atoms with Gasteiger partial charge in [0, 0.05) is 32.9 Å². The average Bonchev–Trinajstić information content (AvgIpc) is 1.58. The molecule has 4 nitrogen and oxygen atoms in total. The third-order valence-corrected chi connectivity index (χ3v) is 23.3. The highest BCUT2D eigenvalue weighted by atomic mass is 15.0. The van der Waals surface area contributed by atoms with E-state index in [9.17, 15) is 0 Å². The van der Waals surface area contributed by atoms with Crippen molar-refractivity contribution in [3.8, 4) is 78.1 Å². The smallest absolute Gasteiger partial charge is 0.195 e. The van der Waals surface area contributed by atoms with Crippen molar-refractivity contribution in [3.63, 3.8) is 0 Å². The van der Waals surface area contributed by atoms with Gasteiger partial charge in [0.15, 0.2) is 11.4 Å². The van der Waals surface area contributed by atoms with Crippen LogP contribution in [-0.4, -0.2) is 9.13 Å². The Labute approximate surface area is 634 Å². The Bertz CT molecular complexity index is 7800. The molecule has 0 aliphatic heterocycles. The van der Waals surface area contributed by atoms with Crippen LogP contribution in [-0.2, 0) is 0 Å². The molecule has 2 heterocycles. The zero-order valence-corrected chi connectivity index (χ0v) is 59.6. The van der Waals surface area contributed by atoms with Crippen LogP contribution in [0.2, 0.25) is 0 Å². The standard InChI is InChI=1S/C55H32N2.C51H30N2/c1-56-51-28-29-52-55-46(51)27-26-37-30-38(31-53(54(37)55)57(52)39-14-3-2-4-15-39)34-22-24-36(25-23-34)47-32-49-45-20-10-9-19-44(45)48(33-50(49)43-18-8-7-17-42(43)47)41-21-11-13-35-12-5-6-16-40(35)41;1-52-47-26-27-48-51-42(47)25-24-35-28-36(29-49(50(35)51)53(48)37-14-6-3-7-15-37)32-20-22-34(23-21-32)44-31-46-40-18-10-8-16-38(40)43(33-12-4-2-5-13-33)30-45(46)41-19-11-9-17-39(41)44/h2-33H;2-31H. The van der Waals surface area contributed by atoms with E-state index < -0.39 is 0 Å². The number of para-hydroxylation sites is 2. The van der Waals surface area contributed by atoms with Crippen LogP contribution in [0.25, 0.3) is 228 Å². The van der Waals surface area contributed by atoms with Gasteiger partial charge in [0.1, 0.15) is 0 Å². The minimum Gasteiger partial charge on any atom is -0.309 e. The monoisotopic (exact) mass is 1390 g/mol. The quantitative estimate of drug-likeness (QED) is 0.107. The van der Waals surface area contributed by atoms with Gasteiger partial charge in [-0.05, 0) is 249 Å². The molecule has 0 N–H and O–H groups in total. The molecule has 0 atom stereocenters. The molecule has 0 spiro atoms. The highest BCUT2D eigenvalue weighted by Gasteiger charge is 2.24. The summed E-state index contributed by atoms with van der Waals surface area (Å²) in [7, 11) is 0. The third kappa shape index (κ3) is 9.64. The molecule has 0 fully saturated rings. The SMILES string of the molecule is [C-]#[N+]c1ccc2c3c1ccc1cc(-c4ccc(-c5cc6c7ccccc7c(-c7cccc8ccccc78)cc6c6ccccc56)cc4)cc(c13)n2-c1ccccc1.[C-]#[N+]c1ccc2c3c1ccc1cc(-c4ccc(-c5cc6c7ccccc7c(-c7ccccc7)cc6c6ccccc56)cc4)cc(c13)n2-c1ccccc1. The Morgan fingerprint density at radius 2 is 0.509 bits per heavy atom. The molecule has 21 aromatic carbocycles. The number of benzene rings is 21. The number of fused-ring (bicyclic) bond motifs is 11. The zero-order valence-electron chi connectivity index (χ0n) is 59.6. The van der Waals surface area contributed by atoms with Crippen LogP contribution in [0.1, 0.15) is 0 Å². The van der Waals surface area contributed by atoms with Gasteiger partial charge >= 0.3 is 0 Å². The zero-order chi connectivity index (χ0) is 72.7. The average molecular weight is 1390 g/mol. The van der Waals surface area contributed by atoms with Crippen molar-refractivity contribution < 1.29 is 0 Å². The lowest BCUT2D eigenvalue weighted by Crippen LogP contribution is -1.93. The summed E-state index contributed by atoms with van der Waals surface area (Å²) in [6.45, 7) is 15.7. The fourth-order valence-corrected chi connectivity index (χ4v) is 18.3. The lowest BCUT2D eigenvalue weighted by atomic mass is 9.86. The van der Waals surface area contributed by atoms with Crippen molar-refractivity contribution in [1.29, 1.82) is 0 Å². The minimum absolute atomic E-state index is 0.690. The van der Waals surface area contributed by atoms with E-state index in [4.69, 9.17) is 13.1 Å². The first-order chi connectivity index (χ1) is 54.5. The van der Waals surface area contributed by atoms with Crippen molar-refractivity contribution in [2.24, 2.45) is 0 Å². The van der Waals surface area contributed by atoms with Gasteiger partial charge in [0.05, 0.1) is 35.2 Å². The van der Waals surface area contributed by atoms with Crippen molar-refractivity contribution in [3.05, 3.63) is 399 Å². The highest BCUT2D eigenvalue weighted by molar-refractivity contribution is 6.30. The van der Waals surface area contributed by atoms with Gasteiger partial charge < -0.3 is 9.13 Å². The Hall–Kier alpha value is -14.9. The highest BCUT2D eigenvalue weighted by Crippen LogP contribution is 2.50. The second kappa shape index (κ2) is 24.8. The van der Waals surface area contributed by atoms with Crippen molar-refractivity contribution >= 4 is 152 Å². The first kappa shape index (κ1) is 62.4. The molecule has 0 bridgehead atoms. The van der Waals surface area contributed by atoms with Gasteiger partial charge in [-0.15, -0.1) is 0 Å². The maximum atomic E-state index is 7.86. The predicted octanol–water partition coefficient (Wildman–Crippen LogP) is 29.9. The van der Waals surface area contributed by atoms with Crippen LogP contribution in [0.3, 0.4) is 0 Å². The summed E-state index contributed by atoms with van der Waals surface area (Å²) >= 11 is 0. The van der Waals surface area contributed by atoms with Crippen molar-refractivity contribution in [2.45, 2.75) is 0 Å².